The molecule has 0 radical (unpaired) electrons. The second-order valence-electron chi connectivity index (χ2n) is 6.63. The zero-order chi connectivity index (χ0) is 16.8. The van der Waals surface area contributed by atoms with Crippen LogP contribution in [0.2, 0.25) is 0 Å². The Morgan fingerprint density at radius 3 is 2.75 bits per heavy atom. The molecule has 1 aromatic heterocycles. The number of amides is 2. The number of hydrogen-bond acceptors (Lipinski definition) is 3. The third-order valence-electron chi connectivity index (χ3n) is 4.73. The molecule has 24 heavy (non-hydrogen) atoms. The van der Waals surface area contributed by atoms with Crippen LogP contribution in [-0.4, -0.2) is 46.1 Å². The van der Waals surface area contributed by atoms with Crippen molar-refractivity contribution in [2.24, 2.45) is 0 Å². The van der Waals surface area contributed by atoms with Crippen LogP contribution in [0.4, 0.5) is 0 Å². The monoisotopic (exact) mass is 330 g/mol. The summed E-state index contributed by atoms with van der Waals surface area (Å²) in [7, 11) is 0. The maximum Gasteiger partial charge on any atom is 0.257 e. The van der Waals surface area contributed by atoms with E-state index in [4.69, 9.17) is 0 Å². The molecule has 0 bridgehead atoms. The van der Waals surface area contributed by atoms with Crippen molar-refractivity contribution in [2.75, 3.05) is 19.6 Å². The van der Waals surface area contributed by atoms with Gasteiger partial charge in [0.25, 0.3) is 5.91 Å². The summed E-state index contributed by atoms with van der Waals surface area (Å²) < 4.78 is 1.54. The third kappa shape index (κ3) is 4.46. The van der Waals surface area contributed by atoms with Gasteiger partial charge in [-0.05, 0) is 44.9 Å². The first-order valence-electron chi connectivity index (χ1n) is 8.99. The van der Waals surface area contributed by atoms with E-state index in [2.05, 4.69) is 16.5 Å². The minimum Gasteiger partial charge on any atom is -0.354 e. The zero-order valence-electron chi connectivity index (χ0n) is 14.2. The van der Waals surface area contributed by atoms with E-state index >= 15 is 0 Å². The van der Waals surface area contributed by atoms with Gasteiger partial charge in [-0.3, -0.25) is 14.3 Å². The minimum atomic E-state index is -0.0605. The molecule has 1 fully saturated rings. The number of carbonyl (C=O) groups excluding carboxylic acids is 2. The van der Waals surface area contributed by atoms with E-state index in [-0.39, 0.29) is 18.4 Å². The quantitative estimate of drug-likeness (QED) is 0.813. The average molecular weight is 330 g/mol. The molecule has 6 heteroatoms. The molecule has 130 valence electrons. The van der Waals surface area contributed by atoms with Gasteiger partial charge >= 0.3 is 0 Å². The van der Waals surface area contributed by atoms with E-state index in [0.717, 1.165) is 38.8 Å². The molecule has 0 aromatic carbocycles. The van der Waals surface area contributed by atoms with Crippen molar-refractivity contribution in [1.82, 2.24) is 20.0 Å². The third-order valence-corrected chi connectivity index (χ3v) is 4.73. The molecule has 1 aliphatic heterocycles. The molecule has 1 aliphatic carbocycles. The minimum absolute atomic E-state index is 0.0170. The highest BCUT2D eigenvalue weighted by molar-refractivity contribution is 5.94. The van der Waals surface area contributed by atoms with Crippen LogP contribution in [0.15, 0.2) is 24.0 Å². The van der Waals surface area contributed by atoms with Crippen molar-refractivity contribution in [2.45, 2.75) is 51.5 Å². The molecule has 3 rings (SSSR count). The standard InChI is InChI=1S/C18H26N4O2/c23-17(19-9-8-15-6-2-1-3-7-15)14-22-13-16(12-20-22)18(24)21-10-4-5-11-21/h6,12-13H,1-5,7-11,14H2,(H,19,23). The topological polar surface area (TPSA) is 67.2 Å². The molecule has 0 spiro atoms. The van der Waals surface area contributed by atoms with Gasteiger partial charge in [0.1, 0.15) is 6.54 Å². The van der Waals surface area contributed by atoms with Gasteiger partial charge in [-0.15, -0.1) is 0 Å². The summed E-state index contributed by atoms with van der Waals surface area (Å²) in [5.74, 6) is -0.0434. The number of nitrogens with zero attached hydrogens (tertiary/aromatic N) is 3. The number of likely N-dealkylation sites (tertiary alicyclic amines) is 1. The second kappa shape index (κ2) is 8.13. The van der Waals surface area contributed by atoms with Gasteiger partial charge in [-0.1, -0.05) is 11.6 Å². The van der Waals surface area contributed by atoms with Gasteiger partial charge in [0.2, 0.25) is 5.91 Å². The summed E-state index contributed by atoms with van der Waals surface area (Å²) in [6.07, 6.45) is 13.5. The molecule has 1 N–H and O–H groups in total. The predicted octanol–water partition coefficient (Wildman–Crippen LogP) is 2.13. The van der Waals surface area contributed by atoms with Crippen LogP contribution >= 0.6 is 0 Å². The van der Waals surface area contributed by atoms with Crippen LogP contribution in [0.25, 0.3) is 0 Å². The fourth-order valence-electron chi connectivity index (χ4n) is 3.36. The first-order valence-corrected chi connectivity index (χ1v) is 8.99. The van der Waals surface area contributed by atoms with Gasteiger partial charge < -0.3 is 10.2 Å². The summed E-state index contributed by atoms with van der Waals surface area (Å²) in [6.45, 7) is 2.47. The Labute approximate surface area is 142 Å². The first kappa shape index (κ1) is 16.7. The Morgan fingerprint density at radius 2 is 2.00 bits per heavy atom. The molecule has 6 nitrogen and oxygen atoms in total. The van der Waals surface area contributed by atoms with Crippen molar-refractivity contribution < 1.29 is 9.59 Å². The summed E-state index contributed by atoms with van der Waals surface area (Å²) in [5.41, 5.74) is 2.02. The van der Waals surface area contributed by atoms with Crippen LogP contribution < -0.4 is 5.32 Å². The fourth-order valence-corrected chi connectivity index (χ4v) is 3.36. The Balaban J connectivity index is 1.43. The fraction of sp³-hybridized carbons (Fsp3) is 0.611. The zero-order valence-corrected chi connectivity index (χ0v) is 14.2. The lowest BCUT2D eigenvalue weighted by atomic mass is 9.97. The van der Waals surface area contributed by atoms with E-state index in [1.54, 1.807) is 17.1 Å². The molecule has 2 heterocycles. The smallest absolute Gasteiger partial charge is 0.257 e. The predicted molar refractivity (Wildman–Crippen MR) is 91.5 cm³/mol. The summed E-state index contributed by atoms with van der Waals surface area (Å²) in [4.78, 5) is 26.1. The van der Waals surface area contributed by atoms with Crippen molar-refractivity contribution in [3.05, 3.63) is 29.6 Å². The van der Waals surface area contributed by atoms with Gasteiger partial charge in [-0.2, -0.15) is 5.10 Å². The molecule has 1 aromatic rings. The van der Waals surface area contributed by atoms with Crippen LogP contribution in [0.5, 0.6) is 0 Å². The number of hydrogen-bond donors (Lipinski definition) is 1. The number of rotatable bonds is 6. The summed E-state index contributed by atoms with van der Waals surface area (Å²) in [5, 5.41) is 7.08. The lowest BCUT2D eigenvalue weighted by Gasteiger charge is -2.13. The number of allylic oxidation sites excluding steroid dienone is 1. The Morgan fingerprint density at radius 1 is 1.17 bits per heavy atom. The van der Waals surface area contributed by atoms with E-state index < -0.39 is 0 Å². The van der Waals surface area contributed by atoms with Crippen LogP contribution in [0.1, 0.15) is 55.3 Å². The molecular weight excluding hydrogens is 304 g/mol. The summed E-state index contributed by atoms with van der Waals surface area (Å²) >= 11 is 0. The van der Waals surface area contributed by atoms with E-state index in [1.165, 1.54) is 24.8 Å². The molecule has 0 saturated carbocycles. The largest absolute Gasteiger partial charge is 0.354 e. The van der Waals surface area contributed by atoms with Crippen molar-refractivity contribution >= 4 is 11.8 Å². The van der Waals surface area contributed by atoms with Crippen molar-refractivity contribution in [1.29, 1.82) is 0 Å². The van der Waals surface area contributed by atoms with Crippen LogP contribution in [0.3, 0.4) is 0 Å². The van der Waals surface area contributed by atoms with Crippen LogP contribution in [0, 0.1) is 0 Å². The van der Waals surface area contributed by atoms with Crippen LogP contribution in [-0.2, 0) is 11.3 Å². The number of carbonyl (C=O) groups is 2. The second-order valence-corrected chi connectivity index (χ2v) is 6.63. The molecular formula is C18H26N4O2. The molecule has 2 aliphatic rings. The Kier molecular flexibility index (Phi) is 5.67. The van der Waals surface area contributed by atoms with E-state index in [1.807, 2.05) is 4.90 Å². The molecule has 2 amide bonds. The van der Waals surface area contributed by atoms with Gasteiger partial charge in [0.05, 0.1) is 11.8 Å². The van der Waals surface area contributed by atoms with Crippen molar-refractivity contribution in [3.8, 4) is 0 Å². The average Bonchev–Trinajstić information content (AvgIpc) is 3.27. The Bertz CT molecular complexity index is 614. The lowest BCUT2D eigenvalue weighted by Crippen LogP contribution is -2.29. The Hall–Kier alpha value is -2.11. The van der Waals surface area contributed by atoms with Gasteiger partial charge in [-0.25, -0.2) is 0 Å². The normalized spacial score (nSPS) is 17.7. The molecule has 1 saturated heterocycles. The van der Waals surface area contributed by atoms with Gasteiger partial charge in [0, 0.05) is 25.8 Å². The highest BCUT2D eigenvalue weighted by Gasteiger charge is 2.20. The number of nitrogens with one attached hydrogen (secondary N) is 1. The van der Waals surface area contributed by atoms with Crippen molar-refractivity contribution in [3.63, 3.8) is 0 Å². The lowest BCUT2D eigenvalue weighted by molar-refractivity contribution is -0.121. The highest BCUT2D eigenvalue weighted by atomic mass is 16.2. The first-order chi connectivity index (χ1) is 11.7. The summed E-state index contributed by atoms with van der Waals surface area (Å²) in [6, 6.07) is 0. The molecule has 0 unspecified atom stereocenters. The molecule has 0 atom stereocenters. The van der Waals surface area contributed by atoms with Gasteiger partial charge in [0.15, 0.2) is 0 Å². The van der Waals surface area contributed by atoms with E-state index in [0.29, 0.717) is 12.1 Å². The van der Waals surface area contributed by atoms with E-state index in [9.17, 15) is 9.59 Å². The SMILES string of the molecule is O=C(Cn1cc(C(=O)N2CCCC2)cn1)NCCC1=CCCCC1. The maximum atomic E-state index is 12.3. The number of aromatic nitrogens is 2. The highest BCUT2D eigenvalue weighted by Crippen LogP contribution is 2.19. The maximum absolute atomic E-state index is 12.3.